The van der Waals surface area contributed by atoms with Crippen molar-refractivity contribution in [2.24, 2.45) is 0 Å². The van der Waals surface area contributed by atoms with Crippen LogP contribution in [0.2, 0.25) is 0 Å². The van der Waals surface area contributed by atoms with E-state index in [0.29, 0.717) is 6.54 Å². The van der Waals surface area contributed by atoms with Crippen molar-refractivity contribution < 1.29 is 22.7 Å². The summed E-state index contributed by atoms with van der Waals surface area (Å²) >= 11 is 0. The van der Waals surface area contributed by atoms with Crippen LogP contribution in [0.1, 0.15) is 12.0 Å². The Hall–Kier alpha value is -2.96. The number of nitrogens with zero attached hydrogens (tertiary/aromatic N) is 1. The predicted molar refractivity (Wildman–Crippen MR) is 91.5 cm³/mol. The summed E-state index contributed by atoms with van der Waals surface area (Å²) in [7, 11) is 0. The van der Waals surface area contributed by atoms with Crippen LogP contribution < -0.4 is 10.1 Å². The number of alkyl halides is 3. The third kappa shape index (κ3) is 4.56. The molecule has 3 rings (SSSR count). The van der Waals surface area contributed by atoms with Gasteiger partial charge in [0.2, 0.25) is 5.91 Å². The molecular formula is C19H17F3N2O2. The molecule has 0 saturated heterocycles. The van der Waals surface area contributed by atoms with Gasteiger partial charge in [0.05, 0.1) is 0 Å². The SMILES string of the molecule is O=C(CCn1ccc2ccccc21)NCc1ccccc1OC(F)(F)F. The first kappa shape index (κ1) is 17.8. The largest absolute Gasteiger partial charge is 0.573 e. The lowest BCUT2D eigenvalue weighted by Crippen LogP contribution is -2.25. The topological polar surface area (TPSA) is 43.3 Å². The molecule has 0 aliphatic heterocycles. The lowest BCUT2D eigenvalue weighted by atomic mass is 10.2. The van der Waals surface area contributed by atoms with E-state index in [1.807, 2.05) is 41.1 Å². The number of rotatable bonds is 6. The zero-order valence-corrected chi connectivity index (χ0v) is 13.8. The Morgan fingerprint density at radius 1 is 1.04 bits per heavy atom. The minimum atomic E-state index is -4.77. The van der Waals surface area contributed by atoms with E-state index in [0.717, 1.165) is 10.9 Å². The summed E-state index contributed by atoms with van der Waals surface area (Å²) in [4.78, 5) is 12.1. The molecule has 0 unspecified atom stereocenters. The molecule has 1 aromatic heterocycles. The molecule has 0 aliphatic rings. The lowest BCUT2D eigenvalue weighted by Gasteiger charge is -2.13. The number of amides is 1. The van der Waals surface area contributed by atoms with Gasteiger partial charge in [-0.3, -0.25) is 4.79 Å². The van der Waals surface area contributed by atoms with Crippen molar-refractivity contribution in [2.45, 2.75) is 25.9 Å². The number of halogens is 3. The van der Waals surface area contributed by atoms with Crippen LogP contribution in [0.4, 0.5) is 13.2 Å². The second kappa shape index (κ2) is 7.51. The van der Waals surface area contributed by atoms with Crippen LogP contribution >= 0.6 is 0 Å². The summed E-state index contributed by atoms with van der Waals surface area (Å²) in [6, 6.07) is 15.6. The molecule has 1 heterocycles. The Morgan fingerprint density at radius 2 is 1.77 bits per heavy atom. The molecule has 0 atom stereocenters. The highest BCUT2D eigenvalue weighted by molar-refractivity contribution is 5.80. The summed E-state index contributed by atoms with van der Waals surface area (Å²) in [5.41, 5.74) is 1.30. The molecule has 1 amide bonds. The van der Waals surface area contributed by atoms with Crippen molar-refractivity contribution in [3.05, 3.63) is 66.4 Å². The second-order valence-corrected chi connectivity index (χ2v) is 5.75. The van der Waals surface area contributed by atoms with E-state index in [1.54, 1.807) is 6.07 Å². The van der Waals surface area contributed by atoms with Crippen LogP contribution in [0.3, 0.4) is 0 Å². The molecule has 0 spiro atoms. The number of benzene rings is 2. The summed E-state index contributed by atoms with van der Waals surface area (Å²) in [6.07, 6.45) is -2.64. The highest BCUT2D eigenvalue weighted by Gasteiger charge is 2.31. The molecule has 0 radical (unpaired) electrons. The average Bonchev–Trinajstić information content (AvgIpc) is 3.01. The normalized spacial score (nSPS) is 11.5. The summed E-state index contributed by atoms with van der Waals surface area (Å²) < 4.78 is 43.2. The third-order valence-electron chi connectivity index (χ3n) is 3.93. The van der Waals surface area contributed by atoms with Crippen molar-refractivity contribution in [1.82, 2.24) is 9.88 Å². The Kier molecular flexibility index (Phi) is 5.16. The lowest BCUT2D eigenvalue weighted by molar-refractivity contribution is -0.274. The fourth-order valence-electron chi connectivity index (χ4n) is 2.71. The number of hydrogen-bond acceptors (Lipinski definition) is 2. The zero-order chi connectivity index (χ0) is 18.6. The number of fused-ring (bicyclic) bond motifs is 1. The number of ether oxygens (including phenoxy) is 1. The number of nitrogens with one attached hydrogen (secondary N) is 1. The van der Waals surface area contributed by atoms with Crippen LogP contribution in [0.5, 0.6) is 5.75 Å². The quantitative estimate of drug-likeness (QED) is 0.713. The molecule has 7 heteroatoms. The van der Waals surface area contributed by atoms with Gasteiger partial charge >= 0.3 is 6.36 Å². The first-order valence-corrected chi connectivity index (χ1v) is 8.06. The molecule has 0 fully saturated rings. The van der Waals surface area contributed by atoms with Gasteiger partial charge < -0.3 is 14.6 Å². The van der Waals surface area contributed by atoms with Gasteiger partial charge in [0.15, 0.2) is 0 Å². The first-order valence-electron chi connectivity index (χ1n) is 8.06. The Morgan fingerprint density at radius 3 is 2.58 bits per heavy atom. The maximum absolute atomic E-state index is 12.4. The molecule has 136 valence electrons. The summed E-state index contributed by atoms with van der Waals surface area (Å²) in [6.45, 7) is 0.456. The van der Waals surface area contributed by atoms with E-state index in [1.165, 1.54) is 18.2 Å². The molecule has 0 bridgehead atoms. The van der Waals surface area contributed by atoms with Crippen LogP contribution in [0, 0.1) is 0 Å². The van der Waals surface area contributed by atoms with Gasteiger partial charge in [-0.25, -0.2) is 0 Å². The van der Waals surface area contributed by atoms with Gasteiger partial charge in [-0.15, -0.1) is 13.2 Å². The smallest absolute Gasteiger partial charge is 0.405 e. The summed E-state index contributed by atoms with van der Waals surface area (Å²) in [5, 5.41) is 3.73. The molecular weight excluding hydrogens is 345 g/mol. The molecule has 2 aromatic carbocycles. The fraction of sp³-hybridized carbons (Fsp3) is 0.211. The molecule has 1 N–H and O–H groups in total. The maximum atomic E-state index is 12.4. The molecule has 4 nitrogen and oxygen atoms in total. The Bertz CT molecular complexity index is 903. The van der Waals surface area contributed by atoms with Crippen LogP contribution in [0.15, 0.2) is 60.8 Å². The minimum Gasteiger partial charge on any atom is -0.405 e. The van der Waals surface area contributed by atoms with E-state index in [4.69, 9.17) is 0 Å². The zero-order valence-electron chi connectivity index (χ0n) is 13.8. The van der Waals surface area contributed by atoms with Crippen molar-refractivity contribution in [1.29, 1.82) is 0 Å². The second-order valence-electron chi connectivity index (χ2n) is 5.75. The van der Waals surface area contributed by atoms with Gasteiger partial charge in [-0.1, -0.05) is 36.4 Å². The number of carbonyl (C=O) groups excluding carboxylic acids is 1. The van der Waals surface area contributed by atoms with Crippen molar-refractivity contribution in [3.8, 4) is 5.75 Å². The number of carbonyl (C=O) groups is 1. The fourth-order valence-corrected chi connectivity index (χ4v) is 2.71. The average molecular weight is 362 g/mol. The number of aromatic nitrogens is 1. The van der Waals surface area contributed by atoms with Gasteiger partial charge in [0.25, 0.3) is 0 Å². The van der Waals surface area contributed by atoms with Gasteiger partial charge in [0.1, 0.15) is 5.75 Å². The van der Waals surface area contributed by atoms with Crippen LogP contribution in [0.25, 0.3) is 10.9 Å². The maximum Gasteiger partial charge on any atom is 0.573 e. The standard InChI is InChI=1S/C19H17F3N2O2/c20-19(21,22)26-17-8-4-2-6-15(17)13-23-18(25)10-12-24-11-9-14-5-1-3-7-16(14)24/h1-9,11H,10,12-13H2,(H,23,25). The van der Waals surface area contributed by atoms with Gasteiger partial charge in [-0.2, -0.15) is 0 Å². The molecule has 0 saturated carbocycles. The van der Waals surface area contributed by atoms with Crippen molar-refractivity contribution >= 4 is 16.8 Å². The number of aryl methyl sites for hydroxylation is 1. The van der Waals surface area contributed by atoms with E-state index >= 15 is 0 Å². The third-order valence-corrected chi connectivity index (χ3v) is 3.93. The van der Waals surface area contributed by atoms with Crippen LogP contribution in [-0.4, -0.2) is 16.8 Å². The van der Waals surface area contributed by atoms with Crippen molar-refractivity contribution in [3.63, 3.8) is 0 Å². The Balaban J connectivity index is 1.56. The predicted octanol–water partition coefficient (Wildman–Crippen LogP) is 4.25. The van der Waals surface area contributed by atoms with E-state index < -0.39 is 6.36 Å². The van der Waals surface area contributed by atoms with E-state index in [9.17, 15) is 18.0 Å². The van der Waals surface area contributed by atoms with E-state index in [-0.39, 0.29) is 30.2 Å². The molecule has 3 aromatic rings. The van der Waals surface area contributed by atoms with Crippen LogP contribution in [-0.2, 0) is 17.9 Å². The number of hydrogen-bond donors (Lipinski definition) is 1. The minimum absolute atomic E-state index is 0.0302. The van der Waals surface area contributed by atoms with Crippen molar-refractivity contribution in [2.75, 3.05) is 0 Å². The highest BCUT2D eigenvalue weighted by Crippen LogP contribution is 2.26. The molecule has 26 heavy (non-hydrogen) atoms. The molecule has 0 aliphatic carbocycles. The first-order chi connectivity index (χ1) is 12.4. The highest BCUT2D eigenvalue weighted by atomic mass is 19.4. The van der Waals surface area contributed by atoms with Gasteiger partial charge in [0, 0.05) is 36.8 Å². The van der Waals surface area contributed by atoms with Gasteiger partial charge in [-0.05, 0) is 23.6 Å². The number of para-hydroxylation sites is 2. The Labute approximate surface area is 148 Å². The van der Waals surface area contributed by atoms with E-state index in [2.05, 4.69) is 10.1 Å². The monoisotopic (exact) mass is 362 g/mol. The summed E-state index contributed by atoms with van der Waals surface area (Å²) in [5.74, 6) is -0.554.